The molecule has 0 bridgehead atoms. The average Bonchev–Trinajstić information content (AvgIpc) is 2.56. The molecule has 2 rings (SSSR count). The van der Waals surface area contributed by atoms with Gasteiger partial charge in [0.25, 0.3) is 0 Å². The van der Waals surface area contributed by atoms with E-state index in [9.17, 15) is 8.42 Å². The van der Waals surface area contributed by atoms with E-state index in [-0.39, 0.29) is 5.75 Å². The van der Waals surface area contributed by atoms with E-state index in [1.807, 2.05) is 43.3 Å². The normalized spacial score (nSPS) is 11.3. The van der Waals surface area contributed by atoms with E-state index < -0.39 is 10.0 Å². The number of ether oxygens (including phenoxy) is 2. The van der Waals surface area contributed by atoms with Crippen LogP contribution in [-0.4, -0.2) is 29.2 Å². The highest BCUT2D eigenvalue weighted by molar-refractivity contribution is 7.88. The summed E-state index contributed by atoms with van der Waals surface area (Å²) >= 11 is 0. The second-order valence-electron chi connectivity index (χ2n) is 5.57. The lowest BCUT2D eigenvalue weighted by atomic mass is 10.1. The first-order valence-electron chi connectivity index (χ1n) is 7.67. The molecule has 0 saturated carbocycles. The first-order valence-corrected chi connectivity index (χ1v) is 9.32. The Balaban J connectivity index is 1.94. The minimum absolute atomic E-state index is 0.0208. The van der Waals surface area contributed by atoms with Crippen LogP contribution in [0.4, 0.5) is 0 Å². The lowest BCUT2D eigenvalue weighted by molar-refractivity contribution is 0.391. The van der Waals surface area contributed by atoms with Gasteiger partial charge in [-0.15, -0.1) is 0 Å². The molecule has 0 atom stereocenters. The van der Waals surface area contributed by atoms with Crippen LogP contribution in [-0.2, 0) is 22.2 Å². The first-order chi connectivity index (χ1) is 11.4. The third-order valence-corrected chi connectivity index (χ3v) is 5.05. The number of aryl methyl sites for hydroxylation is 1. The third kappa shape index (κ3) is 5.25. The maximum Gasteiger partial charge on any atom is 0.215 e. The molecule has 0 radical (unpaired) electrons. The summed E-state index contributed by atoms with van der Waals surface area (Å²) in [5.74, 6) is 1.37. The van der Waals surface area contributed by atoms with Gasteiger partial charge in [-0.05, 0) is 30.5 Å². The molecule has 0 aliphatic carbocycles. The maximum atomic E-state index is 12.2. The van der Waals surface area contributed by atoms with Crippen molar-refractivity contribution in [3.63, 3.8) is 0 Å². The van der Waals surface area contributed by atoms with Crippen molar-refractivity contribution in [3.05, 3.63) is 59.2 Å². The Morgan fingerprint density at radius 1 is 1.00 bits per heavy atom. The molecule has 0 aromatic heterocycles. The van der Waals surface area contributed by atoms with E-state index >= 15 is 0 Å². The minimum Gasteiger partial charge on any atom is -0.497 e. The molecule has 2 aromatic carbocycles. The van der Waals surface area contributed by atoms with Crippen molar-refractivity contribution in [1.82, 2.24) is 4.72 Å². The van der Waals surface area contributed by atoms with Gasteiger partial charge in [0, 0.05) is 12.6 Å². The Kier molecular flexibility index (Phi) is 6.23. The molecule has 24 heavy (non-hydrogen) atoms. The molecule has 1 N–H and O–H groups in total. The summed E-state index contributed by atoms with van der Waals surface area (Å²) in [6, 6.07) is 13.0. The van der Waals surface area contributed by atoms with Crippen LogP contribution in [0, 0.1) is 6.92 Å². The van der Waals surface area contributed by atoms with E-state index in [0.29, 0.717) is 24.5 Å². The fourth-order valence-corrected chi connectivity index (χ4v) is 3.50. The topological polar surface area (TPSA) is 64.6 Å². The van der Waals surface area contributed by atoms with Gasteiger partial charge >= 0.3 is 0 Å². The summed E-state index contributed by atoms with van der Waals surface area (Å²) in [5, 5.41) is 0. The lowest BCUT2D eigenvalue weighted by Gasteiger charge is -2.11. The Morgan fingerprint density at radius 3 is 2.33 bits per heavy atom. The van der Waals surface area contributed by atoms with Gasteiger partial charge in [-0.25, -0.2) is 13.1 Å². The van der Waals surface area contributed by atoms with Gasteiger partial charge in [-0.1, -0.05) is 35.9 Å². The van der Waals surface area contributed by atoms with E-state index in [0.717, 1.165) is 16.7 Å². The molecule has 130 valence electrons. The Hall–Kier alpha value is -2.05. The van der Waals surface area contributed by atoms with Crippen LogP contribution in [0.25, 0.3) is 0 Å². The van der Waals surface area contributed by atoms with Gasteiger partial charge in [0.2, 0.25) is 10.0 Å². The fraction of sp³-hybridized carbons (Fsp3) is 0.333. The first kappa shape index (κ1) is 18.3. The van der Waals surface area contributed by atoms with Crippen LogP contribution in [0.3, 0.4) is 0 Å². The smallest absolute Gasteiger partial charge is 0.215 e. The van der Waals surface area contributed by atoms with Crippen molar-refractivity contribution in [3.8, 4) is 11.5 Å². The SMILES string of the molecule is COc1ccc(CCNS(=O)(=O)Cc2ccc(C)cc2)c(OC)c1. The third-order valence-electron chi connectivity index (χ3n) is 3.69. The largest absolute Gasteiger partial charge is 0.497 e. The summed E-state index contributed by atoms with van der Waals surface area (Å²) in [5.41, 5.74) is 2.81. The molecule has 0 fully saturated rings. The van der Waals surface area contributed by atoms with Crippen molar-refractivity contribution in [2.24, 2.45) is 0 Å². The second-order valence-corrected chi connectivity index (χ2v) is 7.37. The van der Waals surface area contributed by atoms with E-state index in [1.54, 1.807) is 20.3 Å². The maximum absolute atomic E-state index is 12.2. The van der Waals surface area contributed by atoms with Crippen molar-refractivity contribution in [1.29, 1.82) is 0 Å². The zero-order valence-electron chi connectivity index (χ0n) is 14.2. The van der Waals surface area contributed by atoms with Crippen LogP contribution < -0.4 is 14.2 Å². The number of sulfonamides is 1. The molecule has 5 nitrogen and oxygen atoms in total. The summed E-state index contributed by atoms with van der Waals surface area (Å²) in [4.78, 5) is 0. The summed E-state index contributed by atoms with van der Waals surface area (Å²) in [6.45, 7) is 2.29. The molecule has 0 unspecified atom stereocenters. The highest BCUT2D eigenvalue weighted by Gasteiger charge is 2.12. The van der Waals surface area contributed by atoms with Gasteiger partial charge in [-0.3, -0.25) is 0 Å². The van der Waals surface area contributed by atoms with Gasteiger partial charge in [0.15, 0.2) is 0 Å². The Morgan fingerprint density at radius 2 is 1.71 bits per heavy atom. The van der Waals surface area contributed by atoms with Gasteiger partial charge in [0.05, 0.1) is 20.0 Å². The molecule has 2 aromatic rings. The average molecular weight is 349 g/mol. The predicted octanol–water partition coefficient (Wildman–Crippen LogP) is 2.67. The van der Waals surface area contributed by atoms with Crippen molar-refractivity contribution in [2.45, 2.75) is 19.1 Å². The molecule has 0 saturated heterocycles. The van der Waals surface area contributed by atoms with Crippen molar-refractivity contribution < 1.29 is 17.9 Å². The lowest BCUT2D eigenvalue weighted by Crippen LogP contribution is -2.27. The number of methoxy groups -OCH3 is 2. The quantitative estimate of drug-likeness (QED) is 0.796. The number of benzene rings is 2. The number of hydrogen-bond acceptors (Lipinski definition) is 4. The molecule has 0 amide bonds. The zero-order chi connectivity index (χ0) is 17.6. The minimum atomic E-state index is -3.37. The summed E-state index contributed by atoms with van der Waals surface area (Å²) in [7, 11) is -0.191. The predicted molar refractivity (Wildman–Crippen MR) is 95.1 cm³/mol. The second kappa shape index (κ2) is 8.17. The van der Waals surface area contributed by atoms with Crippen LogP contribution in [0.15, 0.2) is 42.5 Å². The Bertz CT molecular complexity index is 770. The van der Waals surface area contributed by atoms with Gasteiger partial charge < -0.3 is 9.47 Å². The Labute approximate surface area is 143 Å². The number of nitrogens with one attached hydrogen (secondary N) is 1. The highest BCUT2D eigenvalue weighted by atomic mass is 32.2. The molecule has 0 aliphatic rings. The highest BCUT2D eigenvalue weighted by Crippen LogP contribution is 2.24. The van der Waals surface area contributed by atoms with Crippen molar-refractivity contribution in [2.75, 3.05) is 20.8 Å². The van der Waals surface area contributed by atoms with E-state index in [2.05, 4.69) is 4.72 Å². The van der Waals surface area contributed by atoms with Crippen LogP contribution >= 0.6 is 0 Å². The summed E-state index contributed by atoms with van der Waals surface area (Å²) < 4.78 is 37.4. The van der Waals surface area contributed by atoms with Gasteiger partial charge in [0.1, 0.15) is 11.5 Å². The molecular formula is C18H23NO4S. The van der Waals surface area contributed by atoms with Gasteiger partial charge in [-0.2, -0.15) is 0 Å². The van der Waals surface area contributed by atoms with E-state index in [1.165, 1.54) is 0 Å². The van der Waals surface area contributed by atoms with Crippen LogP contribution in [0.2, 0.25) is 0 Å². The van der Waals surface area contributed by atoms with Crippen LogP contribution in [0.5, 0.6) is 11.5 Å². The zero-order valence-corrected chi connectivity index (χ0v) is 15.0. The standard InChI is InChI=1S/C18H23NO4S/c1-14-4-6-15(7-5-14)13-24(20,21)19-11-10-16-8-9-17(22-2)12-18(16)23-3/h4-9,12,19H,10-11,13H2,1-3H3. The molecule has 0 heterocycles. The van der Waals surface area contributed by atoms with Crippen molar-refractivity contribution >= 4 is 10.0 Å². The molecular weight excluding hydrogens is 326 g/mol. The van der Waals surface area contributed by atoms with E-state index in [4.69, 9.17) is 9.47 Å². The molecule has 0 aliphatic heterocycles. The fourth-order valence-electron chi connectivity index (χ4n) is 2.35. The molecule has 0 spiro atoms. The molecule has 6 heteroatoms. The summed E-state index contributed by atoms with van der Waals surface area (Å²) in [6.07, 6.45) is 0.542. The van der Waals surface area contributed by atoms with Crippen LogP contribution in [0.1, 0.15) is 16.7 Å². The monoisotopic (exact) mass is 349 g/mol. The number of hydrogen-bond donors (Lipinski definition) is 1. The number of rotatable bonds is 8.